The zero-order chi connectivity index (χ0) is 14.0. The number of hydrogen-bond acceptors (Lipinski definition) is 2. The van der Waals surface area contributed by atoms with E-state index in [1.165, 1.54) is 0 Å². The second-order valence-electron chi connectivity index (χ2n) is 5.46. The highest BCUT2D eigenvalue weighted by atomic mass is 35.5. The predicted octanol–water partition coefficient (Wildman–Crippen LogP) is 4.02. The van der Waals surface area contributed by atoms with Crippen molar-refractivity contribution in [3.8, 4) is 17.3 Å². The maximum Gasteiger partial charge on any atom is 0.0965 e. The topological polar surface area (TPSA) is 41.6 Å². The zero-order valence-corrected chi connectivity index (χ0v) is 12.1. The molecule has 4 heteroatoms. The maximum absolute atomic E-state index is 8.94. The summed E-state index contributed by atoms with van der Waals surface area (Å²) in [5.74, 6) is 0. The molecule has 98 valence electrons. The van der Waals surface area contributed by atoms with Crippen LogP contribution in [0.25, 0.3) is 11.3 Å². The summed E-state index contributed by atoms with van der Waals surface area (Å²) < 4.78 is 1.91. The molecule has 0 bridgehead atoms. The van der Waals surface area contributed by atoms with Crippen LogP contribution in [0, 0.1) is 11.3 Å². The van der Waals surface area contributed by atoms with Crippen LogP contribution >= 0.6 is 11.6 Å². The Hall–Kier alpha value is -1.79. The van der Waals surface area contributed by atoms with E-state index >= 15 is 0 Å². The van der Waals surface area contributed by atoms with Gasteiger partial charge in [-0.15, -0.1) is 0 Å². The molecule has 0 aliphatic carbocycles. The van der Waals surface area contributed by atoms with Crippen molar-refractivity contribution >= 4 is 11.6 Å². The Kier molecular flexibility index (Phi) is 3.64. The van der Waals surface area contributed by atoms with Gasteiger partial charge in [0, 0.05) is 22.3 Å². The minimum atomic E-state index is -0.102. The number of hydrogen-bond donors (Lipinski definition) is 0. The van der Waals surface area contributed by atoms with E-state index in [1.807, 2.05) is 35.1 Å². The molecule has 0 saturated heterocycles. The number of nitrogens with zero attached hydrogens (tertiary/aromatic N) is 3. The molecule has 0 spiro atoms. The third-order valence-electron chi connectivity index (χ3n) is 2.86. The molecule has 1 aromatic heterocycles. The first-order valence-electron chi connectivity index (χ1n) is 6.14. The van der Waals surface area contributed by atoms with Crippen molar-refractivity contribution in [3.63, 3.8) is 0 Å². The summed E-state index contributed by atoms with van der Waals surface area (Å²) >= 11 is 5.90. The molecular weight excluding hydrogens is 258 g/mol. The summed E-state index contributed by atoms with van der Waals surface area (Å²) in [5.41, 5.74) is 2.68. The predicted molar refractivity (Wildman–Crippen MR) is 77.0 cm³/mol. The molecule has 0 fully saturated rings. The zero-order valence-electron chi connectivity index (χ0n) is 11.3. The number of aromatic nitrogens is 2. The normalized spacial score (nSPS) is 11.3. The summed E-state index contributed by atoms with van der Waals surface area (Å²) in [7, 11) is 0. The summed E-state index contributed by atoms with van der Waals surface area (Å²) in [5, 5.41) is 14.3. The fourth-order valence-corrected chi connectivity index (χ4v) is 1.94. The number of halogens is 1. The van der Waals surface area contributed by atoms with Crippen LogP contribution in [-0.2, 0) is 12.0 Å². The second kappa shape index (κ2) is 5.07. The standard InChI is InChI=1S/C15H16ClN3/c1-15(2,3)19-10-12(8-9-17)14(18-19)11-4-6-13(16)7-5-11/h4-7,10H,8H2,1-3H3. The van der Waals surface area contributed by atoms with E-state index < -0.39 is 0 Å². The van der Waals surface area contributed by atoms with E-state index in [0.717, 1.165) is 16.8 Å². The van der Waals surface area contributed by atoms with Gasteiger partial charge in [0.05, 0.1) is 23.7 Å². The molecule has 0 radical (unpaired) electrons. The van der Waals surface area contributed by atoms with E-state index in [1.54, 1.807) is 0 Å². The average molecular weight is 274 g/mol. The maximum atomic E-state index is 8.94. The Morgan fingerprint density at radius 3 is 2.42 bits per heavy atom. The van der Waals surface area contributed by atoms with Crippen molar-refractivity contribution in [1.82, 2.24) is 9.78 Å². The molecule has 0 atom stereocenters. The minimum Gasteiger partial charge on any atom is -0.267 e. The molecule has 1 aromatic carbocycles. The van der Waals surface area contributed by atoms with Gasteiger partial charge in [-0.1, -0.05) is 23.7 Å². The van der Waals surface area contributed by atoms with Crippen molar-refractivity contribution in [2.45, 2.75) is 32.7 Å². The summed E-state index contributed by atoms with van der Waals surface area (Å²) in [6, 6.07) is 9.72. The van der Waals surface area contributed by atoms with Crippen molar-refractivity contribution in [2.75, 3.05) is 0 Å². The third kappa shape index (κ3) is 2.97. The molecule has 0 aliphatic heterocycles. The molecule has 19 heavy (non-hydrogen) atoms. The van der Waals surface area contributed by atoms with Gasteiger partial charge in [-0.2, -0.15) is 10.4 Å². The monoisotopic (exact) mass is 273 g/mol. The number of benzene rings is 1. The van der Waals surface area contributed by atoms with Crippen LogP contribution in [0.4, 0.5) is 0 Å². The Balaban J connectivity index is 2.52. The number of rotatable bonds is 2. The molecule has 3 nitrogen and oxygen atoms in total. The molecular formula is C15H16ClN3. The van der Waals surface area contributed by atoms with Gasteiger partial charge in [0.25, 0.3) is 0 Å². The molecule has 2 aromatic rings. The van der Waals surface area contributed by atoms with Crippen molar-refractivity contribution in [2.24, 2.45) is 0 Å². The van der Waals surface area contributed by atoms with Gasteiger partial charge in [-0.3, -0.25) is 4.68 Å². The molecule has 0 amide bonds. The lowest BCUT2D eigenvalue weighted by molar-refractivity contribution is 0.356. The highest BCUT2D eigenvalue weighted by molar-refractivity contribution is 6.30. The molecule has 0 unspecified atom stereocenters. The number of nitriles is 1. The smallest absolute Gasteiger partial charge is 0.0965 e. The molecule has 0 aliphatic rings. The first-order chi connectivity index (χ1) is 8.91. The van der Waals surface area contributed by atoms with Gasteiger partial charge in [-0.25, -0.2) is 0 Å². The Bertz CT molecular complexity index is 612. The van der Waals surface area contributed by atoms with E-state index in [-0.39, 0.29) is 5.54 Å². The summed E-state index contributed by atoms with van der Waals surface area (Å²) in [4.78, 5) is 0. The SMILES string of the molecule is CC(C)(C)n1cc(CC#N)c(-c2ccc(Cl)cc2)n1. The first kappa shape index (κ1) is 13.6. The molecule has 0 saturated carbocycles. The quantitative estimate of drug-likeness (QED) is 0.829. The Morgan fingerprint density at radius 1 is 1.26 bits per heavy atom. The average Bonchev–Trinajstić information content (AvgIpc) is 2.74. The molecule has 2 rings (SSSR count). The van der Waals surface area contributed by atoms with E-state index in [4.69, 9.17) is 16.9 Å². The van der Waals surface area contributed by atoms with E-state index in [2.05, 4.69) is 31.9 Å². The summed E-state index contributed by atoms with van der Waals surface area (Å²) in [6.07, 6.45) is 2.31. The summed E-state index contributed by atoms with van der Waals surface area (Å²) in [6.45, 7) is 6.26. The van der Waals surface area contributed by atoms with Gasteiger partial charge >= 0.3 is 0 Å². The highest BCUT2D eigenvalue weighted by Crippen LogP contribution is 2.26. The van der Waals surface area contributed by atoms with Gasteiger partial charge in [0.15, 0.2) is 0 Å². The largest absolute Gasteiger partial charge is 0.267 e. The van der Waals surface area contributed by atoms with Crippen LogP contribution in [0.15, 0.2) is 30.5 Å². The van der Waals surface area contributed by atoms with Crippen LogP contribution in [-0.4, -0.2) is 9.78 Å². The lowest BCUT2D eigenvalue weighted by Crippen LogP contribution is -2.22. The Morgan fingerprint density at radius 2 is 1.89 bits per heavy atom. The highest BCUT2D eigenvalue weighted by Gasteiger charge is 2.18. The minimum absolute atomic E-state index is 0.102. The van der Waals surface area contributed by atoms with Gasteiger partial charge in [-0.05, 0) is 32.9 Å². The van der Waals surface area contributed by atoms with Crippen LogP contribution < -0.4 is 0 Å². The van der Waals surface area contributed by atoms with Gasteiger partial charge in [0.2, 0.25) is 0 Å². The molecule has 0 N–H and O–H groups in total. The molecule has 1 heterocycles. The second-order valence-corrected chi connectivity index (χ2v) is 5.90. The fraction of sp³-hybridized carbons (Fsp3) is 0.333. The lowest BCUT2D eigenvalue weighted by Gasteiger charge is -2.18. The van der Waals surface area contributed by atoms with Crippen molar-refractivity contribution in [3.05, 3.63) is 41.0 Å². The van der Waals surface area contributed by atoms with Crippen LogP contribution in [0.1, 0.15) is 26.3 Å². The van der Waals surface area contributed by atoms with Crippen LogP contribution in [0.5, 0.6) is 0 Å². The lowest BCUT2D eigenvalue weighted by atomic mass is 10.1. The fourth-order valence-electron chi connectivity index (χ4n) is 1.82. The van der Waals surface area contributed by atoms with E-state index in [0.29, 0.717) is 11.4 Å². The van der Waals surface area contributed by atoms with Crippen LogP contribution in [0.3, 0.4) is 0 Å². The third-order valence-corrected chi connectivity index (χ3v) is 3.12. The first-order valence-corrected chi connectivity index (χ1v) is 6.51. The van der Waals surface area contributed by atoms with Crippen LogP contribution in [0.2, 0.25) is 5.02 Å². The Labute approximate surface area is 118 Å². The van der Waals surface area contributed by atoms with Gasteiger partial charge in [0.1, 0.15) is 0 Å². The van der Waals surface area contributed by atoms with E-state index in [9.17, 15) is 0 Å². The van der Waals surface area contributed by atoms with Gasteiger partial charge < -0.3 is 0 Å². The van der Waals surface area contributed by atoms with Crippen molar-refractivity contribution < 1.29 is 0 Å². The van der Waals surface area contributed by atoms with Crippen molar-refractivity contribution in [1.29, 1.82) is 5.26 Å².